The average molecular weight is 536 g/mol. The van der Waals surface area contributed by atoms with Crippen LogP contribution in [0.15, 0.2) is 18.2 Å². The summed E-state index contributed by atoms with van der Waals surface area (Å²) < 4.78 is 68.8. The summed E-state index contributed by atoms with van der Waals surface area (Å²) in [5.74, 6) is -1.69. The summed E-state index contributed by atoms with van der Waals surface area (Å²) in [7, 11) is -6.02. The fourth-order valence-corrected chi connectivity index (χ4v) is 5.94. The number of carbonyl (C=O) groups is 1. The lowest BCUT2D eigenvalue weighted by Gasteiger charge is -2.34. The number of nitrogens with one attached hydrogen (secondary N) is 1. The maximum Gasteiger partial charge on any atom is 0.274 e. The van der Waals surface area contributed by atoms with Crippen molar-refractivity contribution in [2.45, 2.75) is 71.5 Å². The molecule has 0 bridgehead atoms. The third kappa shape index (κ3) is 6.50. The van der Waals surface area contributed by atoms with Crippen molar-refractivity contribution in [3.8, 4) is 17.5 Å². The molecule has 0 aliphatic heterocycles. The topological polar surface area (TPSA) is 114 Å². The zero-order chi connectivity index (χ0) is 30.1. The standard InChI is InChI=1S/C27H37FN4O4S/c1-7-22-31-23(25(33)30-17-27(16-29)12-10-19(11-13-27)37(6,34)35)24(28)32(22)20-9-8-18(14-21(20)36-5)15-26(2,3)4/h8-9,14,19H,7,10-13,15,17H2,1-6H3,(H,30,33)/i5D3. The maximum absolute atomic E-state index is 15.8. The van der Waals surface area contributed by atoms with Crippen LogP contribution in [0.25, 0.3) is 5.69 Å². The van der Waals surface area contributed by atoms with Crippen LogP contribution in [0, 0.1) is 28.1 Å². The molecular weight excluding hydrogens is 495 g/mol. The van der Waals surface area contributed by atoms with E-state index >= 15 is 4.39 Å². The van der Waals surface area contributed by atoms with E-state index < -0.39 is 45.1 Å². The van der Waals surface area contributed by atoms with Gasteiger partial charge in [-0.2, -0.15) is 9.65 Å². The van der Waals surface area contributed by atoms with Gasteiger partial charge in [0.1, 0.15) is 21.4 Å². The van der Waals surface area contributed by atoms with E-state index in [1.165, 1.54) is 6.26 Å². The minimum absolute atomic E-state index is 0.0641. The molecule has 1 amide bonds. The van der Waals surface area contributed by atoms with Gasteiger partial charge in [0.05, 0.1) is 33.6 Å². The molecule has 10 heteroatoms. The third-order valence-electron chi connectivity index (χ3n) is 6.85. The van der Waals surface area contributed by atoms with E-state index in [1.54, 1.807) is 25.1 Å². The smallest absolute Gasteiger partial charge is 0.274 e. The van der Waals surface area contributed by atoms with Crippen molar-refractivity contribution in [1.82, 2.24) is 14.9 Å². The number of hydrogen-bond acceptors (Lipinski definition) is 6. The Bertz CT molecular complexity index is 1400. The van der Waals surface area contributed by atoms with Crippen LogP contribution < -0.4 is 10.1 Å². The highest BCUT2D eigenvalue weighted by atomic mass is 32.2. The Hall–Kier alpha value is -2.93. The van der Waals surface area contributed by atoms with E-state index in [1.807, 2.05) is 20.8 Å². The number of benzene rings is 1. The predicted molar refractivity (Wildman–Crippen MR) is 140 cm³/mol. The van der Waals surface area contributed by atoms with Crippen LogP contribution in [0.5, 0.6) is 5.75 Å². The van der Waals surface area contributed by atoms with Crippen LogP contribution in [0.4, 0.5) is 4.39 Å². The summed E-state index contributed by atoms with van der Waals surface area (Å²) in [6.45, 7) is 7.75. The average Bonchev–Trinajstić information content (AvgIpc) is 3.16. The molecule has 8 nitrogen and oxygen atoms in total. The summed E-state index contributed by atoms with van der Waals surface area (Å²) in [6.07, 6.45) is 3.22. The van der Waals surface area contributed by atoms with Crippen LogP contribution in [0.3, 0.4) is 0 Å². The Morgan fingerprint density at radius 1 is 1.38 bits per heavy atom. The Balaban J connectivity index is 1.92. The predicted octanol–water partition coefficient (Wildman–Crippen LogP) is 4.40. The molecule has 202 valence electrons. The number of aromatic nitrogens is 2. The first-order valence-corrected chi connectivity index (χ1v) is 14.3. The van der Waals surface area contributed by atoms with Crippen LogP contribution >= 0.6 is 0 Å². The van der Waals surface area contributed by atoms with Crippen molar-refractivity contribution in [2.75, 3.05) is 19.8 Å². The van der Waals surface area contributed by atoms with E-state index in [4.69, 9.17) is 8.85 Å². The molecule has 1 N–H and O–H groups in total. The number of hydrogen-bond donors (Lipinski definition) is 1. The molecule has 3 rings (SSSR count). The molecule has 1 aromatic heterocycles. The van der Waals surface area contributed by atoms with Gasteiger partial charge in [-0.25, -0.2) is 13.4 Å². The van der Waals surface area contributed by atoms with Crippen LogP contribution in [-0.2, 0) is 22.7 Å². The number of aryl methyl sites for hydroxylation is 1. The highest BCUT2D eigenvalue weighted by Crippen LogP contribution is 2.38. The van der Waals surface area contributed by atoms with Gasteiger partial charge in [0.15, 0.2) is 5.69 Å². The Labute approximate surface area is 223 Å². The highest BCUT2D eigenvalue weighted by molar-refractivity contribution is 7.91. The van der Waals surface area contributed by atoms with E-state index in [0.717, 1.165) is 10.1 Å². The van der Waals surface area contributed by atoms with Crippen LogP contribution in [0.1, 0.15) is 79.4 Å². The third-order valence-corrected chi connectivity index (χ3v) is 8.53. The molecule has 1 aliphatic carbocycles. The molecule has 0 spiro atoms. The number of imidazole rings is 1. The van der Waals surface area contributed by atoms with E-state index in [9.17, 15) is 18.5 Å². The van der Waals surface area contributed by atoms with Crippen LogP contribution in [0.2, 0.25) is 0 Å². The van der Waals surface area contributed by atoms with E-state index in [2.05, 4.69) is 16.4 Å². The summed E-state index contributed by atoms with van der Waals surface area (Å²) in [4.78, 5) is 17.3. The summed E-state index contributed by atoms with van der Waals surface area (Å²) in [6, 6.07) is 7.09. The largest absolute Gasteiger partial charge is 0.495 e. The lowest BCUT2D eigenvalue weighted by Crippen LogP contribution is -2.41. The van der Waals surface area contributed by atoms with Gasteiger partial charge in [0, 0.05) is 19.2 Å². The summed E-state index contributed by atoms with van der Waals surface area (Å²) >= 11 is 0. The van der Waals surface area contributed by atoms with Gasteiger partial charge < -0.3 is 10.1 Å². The van der Waals surface area contributed by atoms with E-state index in [0.29, 0.717) is 19.3 Å². The normalized spacial score (nSPS) is 21.9. The second kappa shape index (κ2) is 10.8. The Morgan fingerprint density at radius 3 is 2.59 bits per heavy atom. The van der Waals surface area contributed by atoms with E-state index in [-0.39, 0.29) is 48.5 Å². The van der Waals surface area contributed by atoms with Crippen molar-refractivity contribution in [1.29, 1.82) is 5.26 Å². The maximum atomic E-state index is 15.8. The summed E-state index contributed by atoms with van der Waals surface area (Å²) in [5.41, 5.74) is -0.647. The Kier molecular flexibility index (Phi) is 7.14. The van der Waals surface area contributed by atoms with Gasteiger partial charge in [-0.05, 0) is 55.2 Å². The minimum Gasteiger partial charge on any atom is -0.495 e. The van der Waals surface area contributed by atoms with Gasteiger partial charge in [-0.15, -0.1) is 0 Å². The molecule has 1 saturated carbocycles. The lowest BCUT2D eigenvalue weighted by molar-refractivity contribution is 0.0922. The first-order chi connectivity index (χ1) is 18.4. The molecule has 0 unspecified atom stereocenters. The fraction of sp³-hybridized carbons (Fsp3) is 0.593. The monoisotopic (exact) mass is 535 g/mol. The number of methoxy groups -OCH3 is 1. The number of nitrogens with zero attached hydrogens (tertiary/aromatic N) is 3. The molecule has 1 heterocycles. The number of nitriles is 1. The molecule has 1 fully saturated rings. The molecule has 1 aliphatic rings. The van der Waals surface area contributed by atoms with Gasteiger partial charge in [0.25, 0.3) is 5.91 Å². The lowest BCUT2D eigenvalue weighted by atomic mass is 9.75. The Morgan fingerprint density at radius 2 is 2.05 bits per heavy atom. The first kappa shape index (κ1) is 24.4. The van der Waals surface area contributed by atoms with Crippen molar-refractivity contribution in [3.05, 3.63) is 41.2 Å². The van der Waals surface area contributed by atoms with Gasteiger partial charge in [0.2, 0.25) is 5.95 Å². The molecule has 2 aromatic rings. The molecule has 37 heavy (non-hydrogen) atoms. The quantitative estimate of drug-likeness (QED) is 0.536. The zero-order valence-electron chi connectivity index (χ0n) is 25.0. The highest BCUT2D eigenvalue weighted by Gasteiger charge is 2.39. The summed E-state index contributed by atoms with van der Waals surface area (Å²) in [5, 5.41) is 11.9. The SMILES string of the molecule is [2H]C([2H])([2H])Oc1cc(CC(C)(C)C)ccc1-n1c(CC)nc(C(=O)NCC2(C#N)CCC(S(C)(=O)=O)CC2)c1F. The number of amides is 1. The number of carbonyl (C=O) groups excluding carboxylic acids is 1. The molecular formula is C27H37FN4O4S. The minimum atomic E-state index is -3.23. The molecule has 0 atom stereocenters. The molecule has 0 radical (unpaired) electrons. The number of ether oxygens (including phenoxy) is 1. The van der Waals surface area contributed by atoms with Gasteiger partial charge in [-0.1, -0.05) is 33.8 Å². The van der Waals surface area contributed by atoms with Crippen molar-refractivity contribution in [3.63, 3.8) is 0 Å². The first-order valence-electron chi connectivity index (χ1n) is 13.9. The van der Waals surface area contributed by atoms with Crippen molar-refractivity contribution >= 4 is 15.7 Å². The number of halogens is 1. The second-order valence-electron chi connectivity index (χ2n) is 11.1. The van der Waals surface area contributed by atoms with Crippen LogP contribution in [-0.4, -0.2) is 49.0 Å². The zero-order valence-corrected chi connectivity index (χ0v) is 22.8. The van der Waals surface area contributed by atoms with Crippen molar-refractivity contribution < 1.29 is 26.5 Å². The van der Waals surface area contributed by atoms with Crippen molar-refractivity contribution in [2.24, 2.45) is 10.8 Å². The van der Waals surface area contributed by atoms with Gasteiger partial charge >= 0.3 is 0 Å². The molecule has 0 saturated heterocycles. The van der Waals surface area contributed by atoms with Gasteiger partial charge in [-0.3, -0.25) is 9.36 Å². The molecule has 1 aromatic carbocycles. The fourth-order valence-electron chi connectivity index (χ4n) is 4.85. The second-order valence-corrected chi connectivity index (χ2v) is 13.4. The number of rotatable bonds is 8. The number of sulfone groups is 1.